The van der Waals surface area contributed by atoms with Gasteiger partial charge in [0.15, 0.2) is 0 Å². The van der Waals surface area contributed by atoms with Gasteiger partial charge >= 0.3 is 0 Å². The Bertz CT molecular complexity index is 171. The Balaban J connectivity index is 1.56. The first-order valence-electron chi connectivity index (χ1n) is 6.64. The molecule has 0 aromatic carbocycles. The molecule has 88 valence electrons. The topological polar surface area (TPSA) is 29.5 Å². The minimum Gasteiger partial charge on any atom is -0.391 e. The summed E-state index contributed by atoms with van der Waals surface area (Å²) < 4.78 is 5.63. The lowest BCUT2D eigenvalue weighted by atomic mass is 9.85. The third kappa shape index (κ3) is 3.76. The molecular formula is C13H24O2. The van der Waals surface area contributed by atoms with Crippen molar-refractivity contribution in [2.24, 2.45) is 5.92 Å². The summed E-state index contributed by atoms with van der Waals surface area (Å²) in [5, 5.41) is 9.84. The van der Waals surface area contributed by atoms with Crippen molar-refractivity contribution < 1.29 is 9.84 Å². The third-order valence-corrected chi connectivity index (χ3v) is 3.91. The van der Waals surface area contributed by atoms with Gasteiger partial charge in [-0.2, -0.15) is 0 Å². The molecule has 0 amide bonds. The van der Waals surface area contributed by atoms with E-state index in [4.69, 9.17) is 4.74 Å². The smallest absolute Gasteiger partial charge is 0.0776 e. The molecule has 0 saturated heterocycles. The molecule has 0 bridgehead atoms. The summed E-state index contributed by atoms with van der Waals surface area (Å²) in [6.45, 7) is 0.571. The maximum Gasteiger partial charge on any atom is 0.0776 e. The minimum absolute atomic E-state index is 0.214. The molecule has 2 heteroatoms. The fourth-order valence-electron chi connectivity index (χ4n) is 2.66. The van der Waals surface area contributed by atoms with E-state index >= 15 is 0 Å². The molecule has 1 unspecified atom stereocenters. The molecular weight excluding hydrogens is 188 g/mol. The highest BCUT2D eigenvalue weighted by atomic mass is 16.5. The lowest BCUT2D eigenvalue weighted by Crippen LogP contribution is -2.28. The largest absolute Gasteiger partial charge is 0.391 e. The molecule has 0 aromatic rings. The molecule has 1 N–H and O–H groups in total. The number of rotatable bonds is 5. The Kier molecular flexibility index (Phi) is 4.45. The monoisotopic (exact) mass is 212 g/mol. The van der Waals surface area contributed by atoms with Gasteiger partial charge in [-0.15, -0.1) is 0 Å². The second-order valence-corrected chi connectivity index (χ2v) is 5.28. The Morgan fingerprint density at radius 2 is 1.73 bits per heavy atom. The van der Waals surface area contributed by atoms with Gasteiger partial charge in [-0.25, -0.2) is 0 Å². The van der Waals surface area contributed by atoms with Crippen molar-refractivity contribution >= 4 is 0 Å². The average Bonchev–Trinajstić information content (AvgIpc) is 2.17. The van der Waals surface area contributed by atoms with E-state index in [1.807, 2.05) is 0 Å². The Morgan fingerprint density at radius 3 is 2.33 bits per heavy atom. The fourth-order valence-corrected chi connectivity index (χ4v) is 2.66. The fraction of sp³-hybridized carbons (Fsp3) is 1.00. The van der Waals surface area contributed by atoms with Gasteiger partial charge in [-0.1, -0.05) is 32.1 Å². The Labute approximate surface area is 93.0 Å². The molecule has 2 nitrogen and oxygen atoms in total. The number of aliphatic hydroxyl groups excluding tert-OH is 1. The van der Waals surface area contributed by atoms with Crippen LogP contribution >= 0.6 is 0 Å². The molecule has 2 saturated carbocycles. The van der Waals surface area contributed by atoms with Crippen LogP contribution in [0.1, 0.15) is 57.8 Å². The van der Waals surface area contributed by atoms with Crippen LogP contribution in [-0.4, -0.2) is 23.9 Å². The van der Waals surface area contributed by atoms with Crippen LogP contribution in [0.25, 0.3) is 0 Å². The summed E-state index contributed by atoms with van der Waals surface area (Å²) in [4.78, 5) is 0. The average molecular weight is 212 g/mol. The highest BCUT2D eigenvalue weighted by molar-refractivity contribution is 4.72. The number of hydrogen-bond acceptors (Lipinski definition) is 2. The summed E-state index contributed by atoms with van der Waals surface area (Å²) >= 11 is 0. The van der Waals surface area contributed by atoms with Crippen molar-refractivity contribution in [3.63, 3.8) is 0 Å². The summed E-state index contributed by atoms with van der Waals surface area (Å²) in [5.41, 5.74) is 0. The summed E-state index contributed by atoms with van der Waals surface area (Å²) in [5.74, 6) is 0.763. The highest BCUT2D eigenvalue weighted by Gasteiger charge is 2.21. The lowest BCUT2D eigenvalue weighted by molar-refractivity contribution is -0.0483. The lowest BCUT2D eigenvalue weighted by Gasteiger charge is -2.28. The molecule has 0 spiro atoms. The first-order chi connectivity index (χ1) is 7.34. The van der Waals surface area contributed by atoms with Gasteiger partial charge in [0, 0.05) is 0 Å². The quantitative estimate of drug-likeness (QED) is 0.759. The molecule has 0 heterocycles. The molecule has 2 aliphatic rings. The zero-order valence-corrected chi connectivity index (χ0v) is 9.66. The van der Waals surface area contributed by atoms with E-state index in [1.165, 1.54) is 51.4 Å². The van der Waals surface area contributed by atoms with Crippen molar-refractivity contribution in [3.05, 3.63) is 0 Å². The number of ether oxygens (including phenoxy) is 1. The molecule has 2 aliphatic carbocycles. The Morgan fingerprint density at radius 1 is 1.00 bits per heavy atom. The molecule has 0 aliphatic heterocycles. The Hall–Kier alpha value is -0.0800. The van der Waals surface area contributed by atoms with E-state index in [-0.39, 0.29) is 6.10 Å². The molecule has 0 radical (unpaired) electrons. The van der Waals surface area contributed by atoms with E-state index in [2.05, 4.69) is 0 Å². The predicted octanol–water partition coefficient (Wildman–Crippen LogP) is 2.89. The zero-order valence-electron chi connectivity index (χ0n) is 9.66. The van der Waals surface area contributed by atoms with Crippen molar-refractivity contribution in [3.8, 4) is 0 Å². The number of aliphatic hydroxyl groups is 1. The second-order valence-electron chi connectivity index (χ2n) is 5.28. The van der Waals surface area contributed by atoms with E-state index in [9.17, 15) is 5.11 Å². The van der Waals surface area contributed by atoms with E-state index in [0.717, 1.165) is 12.3 Å². The molecule has 2 rings (SSSR count). The van der Waals surface area contributed by atoms with Gasteiger partial charge in [0.2, 0.25) is 0 Å². The van der Waals surface area contributed by atoms with Crippen LogP contribution in [0.4, 0.5) is 0 Å². The van der Waals surface area contributed by atoms with Gasteiger partial charge in [0.05, 0.1) is 18.8 Å². The number of hydrogen-bond donors (Lipinski definition) is 1. The van der Waals surface area contributed by atoms with Crippen LogP contribution < -0.4 is 0 Å². The van der Waals surface area contributed by atoms with Crippen LogP contribution in [0.2, 0.25) is 0 Å². The first kappa shape index (κ1) is 11.4. The van der Waals surface area contributed by atoms with Crippen molar-refractivity contribution in [1.82, 2.24) is 0 Å². The van der Waals surface area contributed by atoms with Gasteiger partial charge in [-0.05, 0) is 31.6 Å². The highest BCUT2D eigenvalue weighted by Crippen LogP contribution is 2.28. The van der Waals surface area contributed by atoms with Crippen LogP contribution in [0.3, 0.4) is 0 Å². The summed E-state index contributed by atoms with van der Waals surface area (Å²) in [6.07, 6.45) is 11.7. The second kappa shape index (κ2) is 5.86. The van der Waals surface area contributed by atoms with Crippen molar-refractivity contribution in [2.75, 3.05) is 6.61 Å². The van der Waals surface area contributed by atoms with Crippen LogP contribution in [-0.2, 0) is 4.74 Å². The molecule has 1 atom stereocenters. The van der Waals surface area contributed by atoms with E-state index < -0.39 is 0 Å². The van der Waals surface area contributed by atoms with Crippen molar-refractivity contribution in [1.29, 1.82) is 0 Å². The summed E-state index contributed by atoms with van der Waals surface area (Å²) in [7, 11) is 0. The van der Waals surface area contributed by atoms with Crippen LogP contribution in [0.15, 0.2) is 0 Å². The molecule has 2 fully saturated rings. The zero-order chi connectivity index (χ0) is 10.5. The molecule has 15 heavy (non-hydrogen) atoms. The van der Waals surface area contributed by atoms with Crippen LogP contribution in [0, 0.1) is 5.92 Å². The minimum atomic E-state index is -0.214. The van der Waals surface area contributed by atoms with E-state index in [1.54, 1.807) is 0 Å². The van der Waals surface area contributed by atoms with Gasteiger partial charge in [0.1, 0.15) is 0 Å². The third-order valence-electron chi connectivity index (χ3n) is 3.91. The maximum absolute atomic E-state index is 9.84. The predicted molar refractivity (Wildman–Crippen MR) is 60.8 cm³/mol. The summed E-state index contributed by atoms with van der Waals surface area (Å²) in [6, 6.07) is 0. The maximum atomic E-state index is 9.84. The van der Waals surface area contributed by atoms with Gasteiger partial charge < -0.3 is 9.84 Å². The first-order valence-corrected chi connectivity index (χ1v) is 6.64. The van der Waals surface area contributed by atoms with Crippen molar-refractivity contribution in [2.45, 2.75) is 70.0 Å². The van der Waals surface area contributed by atoms with Crippen LogP contribution in [0.5, 0.6) is 0 Å². The van der Waals surface area contributed by atoms with E-state index in [0.29, 0.717) is 12.7 Å². The molecule has 0 aromatic heterocycles. The standard InChI is InChI=1S/C13H24O2/c14-12(10-15-13-7-4-8-13)9-11-5-2-1-3-6-11/h11-14H,1-10H2. The SMILES string of the molecule is OC(COC1CCC1)CC1CCCCC1. The van der Waals surface area contributed by atoms with Gasteiger partial charge in [0.25, 0.3) is 0 Å². The van der Waals surface area contributed by atoms with Gasteiger partial charge in [-0.3, -0.25) is 0 Å². The normalized spacial score (nSPS) is 26.2.